The fourth-order valence-corrected chi connectivity index (χ4v) is 8.19. The summed E-state index contributed by atoms with van der Waals surface area (Å²) in [5, 5.41) is 4.59. The Hall–Kier alpha value is -7.63. The molecule has 0 bridgehead atoms. The Morgan fingerprint density at radius 2 is 0.571 bits per heavy atom. The van der Waals surface area contributed by atoms with E-state index in [1.807, 2.05) is 0 Å². The predicted molar refractivity (Wildman–Crippen MR) is 230 cm³/mol. The molecule has 262 valence electrons. The van der Waals surface area contributed by atoms with E-state index in [1.165, 1.54) is 5.56 Å². The third kappa shape index (κ3) is 5.29. The van der Waals surface area contributed by atoms with E-state index < -0.39 is 0 Å². The van der Waals surface area contributed by atoms with Crippen molar-refractivity contribution in [1.29, 1.82) is 0 Å². The van der Waals surface area contributed by atoms with Gasteiger partial charge in [-0.3, -0.25) is 9.13 Å². The smallest absolute Gasteiger partial charge is 0.240 e. The Bertz CT molecular complexity index is 3010. The summed E-state index contributed by atoms with van der Waals surface area (Å²) < 4.78 is 4.36. The van der Waals surface area contributed by atoms with Crippen LogP contribution in [0.2, 0.25) is 0 Å². The third-order valence-electron chi connectivity index (χ3n) is 10.8. The number of hydrogen-bond acceptors (Lipinski definition) is 3. The third-order valence-corrected chi connectivity index (χ3v) is 10.8. The first-order valence-corrected chi connectivity index (χ1v) is 18.9. The van der Waals surface area contributed by atoms with Crippen molar-refractivity contribution in [3.8, 4) is 56.7 Å². The minimum absolute atomic E-state index is 0.557. The molecule has 0 saturated carbocycles. The van der Waals surface area contributed by atoms with E-state index in [9.17, 15) is 0 Å². The summed E-state index contributed by atoms with van der Waals surface area (Å²) in [6.07, 6.45) is 0. The largest absolute Gasteiger partial charge is 0.278 e. The summed E-state index contributed by atoms with van der Waals surface area (Å²) in [5.41, 5.74) is 11.8. The highest BCUT2D eigenvalue weighted by Crippen LogP contribution is 2.37. The van der Waals surface area contributed by atoms with Crippen molar-refractivity contribution in [2.24, 2.45) is 0 Å². The average molecular weight is 716 g/mol. The summed E-state index contributed by atoms with van der Waals surface area (Å²) in [6, 6.07) is 70.4. The molecule has 0 spiro atoms. The van der Waals surface area contributed by atoms with Crippen molar-refractivity contribution >= 4 is 43.6 Å². The molecule has 3 heterocycles. The minimum atomic E-state index is 0.557. The van der Waals surface area contributed by atoms with Crippen molar-refractivity contribution in [3.63, 3.8) is 0 Å². The zero-order chi connectivity index (χ0) is 37.0. The molecule has 11 rings (SSSR count). The van der Waals surface area contributed by atoms with Gasteiger partial charge in [0.05, 0.1) is 22.1 Å². The zero-order valence-electron chi connectivity index (χ0n) is 30.3. The molecule has 0 unspecified atom stereocenters. The van der Waals surface area contributed by atoms with Gasteiger partial charge in [-0.1, -0.05) is 152 Å². The Morgan fingerprint density at radius 1 is 0.250 bits per heavy atom. The Labute approximate surface area is 323 Å². The standard InChI is InChI=1S/C51H33N5/c1-3-16-34(17-4-1)36-20-15-21-37(30-36)39-31-38(35-18-5-2-6-19-35)32-40(33-39)49-52-50(55-45-26-11-7-22-41(45)42-23-8-12-27-46(42)55)54-51(53-49)56-47-28-13-9-24-43(47)44-25-10-14-29-48(44)56/h1-33H. The van der Waals surface area contributed by atoms with Crippen LogP contribution >= 0.6 is 0 Å². The fourth-order valence-electron chi connectivity index (χ4n) is 8.19. The molecule has 0 radical (unpaired) electrons. The molecule has 0 N–H and O–H groups in total. The van der Waals surface area contributed by atoms with E-state index in [4.69, 9.17) is 15.0 Å². The topological polar surface area (TPSA) is 48.5 Å². The molecule has 0 fully saturated rings. The van der Waals surface area contributed by atoms with Crippen LogP contribution in [0.25, 0.3) is 100 Å². The lowest BCUT2D eigenvalue weighted by atomic mass is 9.94. The minimum Gasteiger partial charge on any atom is -0.278 e. The van der Waals surface area contributed by atoms with E-state index in [-0.39, 0.29) is 0 Å². The van der Waals surface area contributed by atoms with E-state index >= 15 is 0 Å². The highest BCUT2D eigenvalue weighted by Gasteiger charge is 2.21. The van der Waals surface area contributed by atoms with Gasteiger partial charge in [0, 0.05) is 27.1 Å². The van der Waals surface area contributed by atoms with Gasteiger partial charge >= 0.3 is 0 Å². The highest BCUT2D eigenvalue weighted by atomic mass is 15.3. The monoisotopic (exact) mass is 715 g/mol. The van der Waals surface area contributed by atoms with E-state index in [0.717, 1.165) is 77.0 Å². The summed E-state index contributed by atoms with van der Waals surface area (Å²) in [7, 11) is 0. The van der Waals surface area contributed by atoms with Crippen molar-refractivity contribution in [2.45, 2.75) is 0 Å². The molecule has 0 aliphatic heterocycles. The van der Waals surface area contributed by atoms with Crippen molar-refractivity contribution in [2.75, 3.05) is 0 Å². The second-order valence-electron chi connectivity index (χ2n) is 14.1. The van der Waals surface area contributed by atoms with Gasteiger partial charge in [0.2, 0.25) is 11.9 Å². The molecule has 0 saturated heterocycles. The maximum absolute atomic E-state index is 5.38. The summed E-state index contributed by atoms with van der Waals surface area (Å²) >= 11 is 0. The molecule has 3 aromatic heterocycles. The average Bonchev–Trinajstić information content (AvgIpc) is 3.80. The molecule has 5 nitrogen and oxygen atoms in total. The van der Waals surface area contributed by atoms with Gasteiger partial charge in [-0.05, 0) is 81.9 Å². The van der Waals surface area contributed by atoms with Crippen LogP contribution in [0.3, 0.4) is 0 Å². The molecule has 5 heteroatoms. The SMILES string of the molecule is c1ccc(-c2cccc(-c3cc(-c4ccccc4)cc(-c4nc(-n5c6ccccc6c6ccccc65)nc(-n5c6ccccc6c6ccccc65)n4)c3)c2)cc1. The van der Waals surface area contributed by atoms with Gasteiger partial charge in [-0.15, -0.1) is 0 Å². The van der Waals surface area contributed by atoms with Gasteiger partial charge in [0.1, 0.15) is 0 Å². The number of benzene rings is 8. The zero-order valence-corrected chi connectivity index (χ0v) is 30.3. The van der Waals surface area contributed by atoms with Crippen LogP contribution < -0.4 is 0 Å². The molecule has 0 aliphatic rings. The molecule has 8 aromatic carbocycles. The van der Waals surface area contributed by atoms with Crippen LogP contribution in [-0.4, -0.2) is 24.1 Å². The van der Waals surface area contributed by atoms with Crippen LogP contribution in [0.5, 0.6) is 0 Å². The van der Waals surface area contributed by atoms with E-state index in [2.05, 4.69) is 209 Å². The van der Waals surface area contributed by atoms with Crippen LogP contribution in [0, 0.1) is 0 Å². The molecular weight excluding hydrogens is 683 g/mol. The first kappa shape index (κ1) is 31.9. The van der Waals surface area contributed by atoms with Crippen molar-refractivity contribution in [3.05, 3.63) is 200 Å². The van der Waals surface area contributed by atoms with Gasteiger partial charge in [-0.25, -0.2) is 0 Å². The number of rotatable bonds is 6. The van der Waals surface area contributed by atoms with E-state index in [1.54, 1.807) is 0 Å². The Kier molecular flexibility index (Phi) is 7.42. The quantitative estimate of drug-likeness (QED) is 0.172. The van der Waals surface area contributed by atoms with Crippen LogP contribution in [-0.2, 0) is 0 Å². The second-order valence-corrected chi connectivity index (χ2v) is 14.1. The lowest BCUT2D eigenvalue weighted by Gasteiger charge is -2.15. The predicted octanol–water partition coefficient (Wildman–Crippen LogP) is 12.7. The fraction of sp³-hybridized carbons (Fsp3) is 0. The maximum Gasteiger partial charge on any atom is 0.240 e. The summed E-state index contributed by atoms with van der Waals surface area (Å²) in [4.78, 5) is 16.1. The van der Waals surface area contributed by atoms with Crippen LogP contribution in [0.15, 0.2) is 200 Å². The molecule has 11 aromatic rings. The van der Waals surface area contributed by atoms with Crippen LogP contribution in [0.4, 0.5) is 0 Å². The number of hydrogen-bond donors (Lipinski definition) is 0. The summed E-state index contributed by atoms with van der Waals surface area (Å²) in [6.45, 7) is 0. The van der Waals surface area contributed by atoms with Crippen LogP contribution in [0.1, 0.15) is 0 Å². The number of nitrogens with zero attached hydrogens (tertiary/aromatic N) is 5. The van der Waals surface area contributed by atoms with Gasteiger partial charge < -0.3 is 0 Å². The first-order valence-electron chi connectivity index (χ1n) is 18.9. The van der Waals surface area contributed by atoms with Gasteiger partial charge in [-0.2, -0.15) is 15.0 Å². The van der Waals surface area contributed by atoms with Gasteiger partial charge in [0.25, 0.3) is 0 Å². The first-order chi connectivity index (χ1) is 27.8. The Morgan fingerprint density at radius 3 is 1.04 bits per heavy atom. The molecule has 56 heavy (non-hydrogen) atoms. The summed E-state index contributed by atoms with van der Waals surface area (Å²) in [5.74, 6) is 1.70. The molecule has 0 amide bonds. The van der Waals surface area contributed by atoms with E-state index in [0.29, 0.717) is 17.7 Å². The maximum atomic E-state index is 5.38. The Balaban J connectivity index is 1.21. The normalized spacial score (nSPS) is 11.6. The van der Waals surface area contributed by atoms with Gasteiger partial charge in [0.15, 0.2) is 5.82 Å². The molecule has 0 atom stereocenters. The number of aromatic nitrogens is 5. The lowest BCUT2D eigenvalue weighted by Crippen LogP contribution is -2.10. The number of fused-ring (bicyclic) bond motifs is 6. The highest BCUT2D eigenvalue weighted by molar-refractivity contribution is 6.10. The molecule has 0 aliphatic carbocycles. The second kappa shape index (κ2) is 13.0. The number of para-hydroxylation sites is 4. The van der Waals surface area contributed by atoms with Crippen molar-refractivity contribution in [1.82, 2.24) is 24.1 Å². The molecular formula is C51H33N5. The lowest BCUT2D eigenvalue weighted by molar-refractivity contribution is 0.893. The van der Waals surface area contributed by atoms with Crippen molar-refractivity contribution < 1.29 is 0 Å².